The second-order valence-corrected chi connectivity index (χ2v) is 7.07. The van der Waals surface area contributed by atoms with Crippen molar-refractivity contribution in [2.45, 2.75) is 33.8 Å². The predicted molar refractivity (Wildman–Crippen MR) is 79.3 cm³/mol. The Bertz CT molecular complexity index is 615. The first-order valence-electron chi connectivity index (χ1n) is 6.71. The fourth-order valence-electron chi connectivity index (χ4n) is 3.86. The molecule has 1 saturated carbocycles. The lowest BCUT2D eigenvalue weighted by Gasteiger charge is -2.61. The van der Waals surface area contributed by atoms with E-state index in [1.165, 1.54) is 0 Å². The summed E-state index contributed by atoms with van der Waals surface area (Å²) >= 11 is 6.00. The highest BCUT2D eigenvalue weighted by molar-refractivity contribution is 6.31. The molecule has 0 aromatic heterocycles. The van der Waals surface area contributed by atoms with Crippen LogP contribution in [0.25, 0.3) is 0 Å². The van der Waals surface area contributed by atoms with Crippen LogP contribution in [0.5, 0.6) is 5.75 Å². The number of hydrogen-bond acceptors (Lipinski definition) is 3. The molecule has 0 radical (unpaired) electrons. The third-order valence-corrected chi connectivity index (χ3v) is 4.71. The van der Waals surface area contributed by atoms with Crippen LogP contribution >= 0.6 is 11.6 Å². The summed E-state index contributed by atoms with van der Waals surface area (Å²) in [6.07, 6.45) is -0.241. The lowest BCUT2D eigenvalue weighted by molar-refractivity contribution is -0.213. The number of rotatable bonds is 3. The highest BCUT2D eigenvalue weighted by Crippen LogP contribution is 2.60. The van der Waals surface area contributed by atoms with Crippen LogP contribution in [-0.4, -0.2) is 17.2 Å². The van der Waals surface area contributed by atoms with Crippen LogP contribution in [-0.2, 0) is 4.79 Å². The Morgan fingerprint density at radius 1 is 1.33 bits per heavy atom. The lowest BCUT2D eigenvalue weighted by Crippen LogP contribution is -2.68. The number of benzene rings is 1. The van der Waals surface area contributed by atoms with Gasteiger partial charge in [-0.1, -0.05) is 39.3 Å². The predicted octanol–water partition coefficient (Wildman–Crippen LogP) is 3.73. The summed E-state index contributed by atoms with van der Waals surface area (Å²) in [7, 11) is 0. The largest absolute Gasteiger partial charge is 0.489 e. The molecule has 0 aliphatic heterocycles. The van der Waals surface area contributed by atoms with E-state index in [2.05, 4.69) is 0 Å². The van der Waals surface area contributed by atoms with Crippen LogP contribution in [0.2, 0.25) is 5.02 Å². The van der Waals surface area contributed by atoms with E-state index in [0.717, 1.165) is 0 Å². The van der Waals surface area contributed by atoms with Gasteiger partial charge in [-0.25, -0.2) is 0 Å². The number of halogens is 1. The van der Waals surface area contributed by atoms with E-state index < -0.39 is 22.7 Å². The maximum atomic E-state index is 11.4. The zero-order valence-electron chi connectivity index (χ0n) is 12.5. The molecule has 1 aromatic carbocycles. The van der Waals surface area contributed by atoms with Gasteiger partial charge in [0.15, 0.2) is 0 Å². The zero-order chi connectivity index (χ0) is 16.0. The van der Waals surface area contributed by atoms with Crippen LogP contribution in [0.3, 0.4) is 0 Å². The molecule has 1 fully saturated rings. The van der Waals surface area contributed by atoms with Crippen molar-refractivity contribution in [3.63, 3.8) is 0 Å². The molecule has 1 aliphatic carbocycles. The fourth-order valence-corrected chi connectivity index (χ4v) is 4.07. The second kappa shape index (κ2) is 4.92. The summed E-state index contributed by atoms with van der Waals surface area (Å²) in [5, 5.41) is 18.6. The summed E-state index contributed by atoms with van der Waals surface area (Å²) in [5.74, 6) is -0.722. The normalized spacial score (nSPS) is 25.5. The monoisotopic (exact) mass is 307 g/mol. The Morgan fingerprint density at radius 2 is 1.90 bits per heavy atom. The van der Waals surface area contributed by atoms with Gasteiger partial charge in [-0.05, 0) is 12.1 Å². The summed E-state index contributed by atoms with van der Waals surface area (Å²) in [5.41, 5.74) is -0.564. The first kappa shape index (κ1) is 15.7. The molecule has 0 unspecified atom stereocenters. The van der Waals surface area contributed by atoms with Crippen molar-refractivity contribution in [2.75, 3.05) is 0 Å². The van der Waals surface area contributed by atoms with E-state index in [0.29, 0.717) is 16.3 Å². The number of carboxylic acid groups (broad SMARTS) is 1. The van der Waals surface area contributed by atoms with E-state index in [1.54, 1.807) is 18.2 Å². The first-order chi connectivity index (χ1) is 9.62. The van der Waals surface area contributed by atoms with Gasteiger partial charge in [0.2, 0.25) is 0 Å². The molecule has 4 nitrogen and oxygen atoms in total. The average Bonchev–Trinajstić information content (AvgIpc) is 2.34. The third-order valence-electron chi connectivity index (χ3n) is 4.40. The quantitative estimate of drug-likeness (QED) is 0.923. The smallest absolute Gasteiger partial charge is 0.307 e. The molecular weight excluding hydrogens is 290 g/mol. The van der Waals surface area contributed by atoms with Crippen LogP contribution in [0.1, 0.15) is 33.3 Å². The van der Waals surface area contributed by atoms with Gasteiger partial charge in [0.25, 0.3) is 0 Å². The lowest BCUT2D eigenvalue weighted by atomic mass is 9.46. The first-order valence-corrected chi connectivity index (χ1v) is 7.09. The molecule has 112 valence electrons. The van der Waals surface area contributed by atoms with Crippen molar-refractivity contribution < 1.29 is 14.6 Å². The molecular formula is C16H18ClNO3. The number of ether oxygens (including phenoxy) is 1. The molecule has 2 rings (SSSR count). The van der Waals surface area contributed by atoms with Crippen LogP contribution in [0, 0.1) is 28.1 Å². The molecule has 0 spiro atoms. The zero-order valence-corrected chi connectivity index (χ0v) is 13.2. The molecule has 21 heavy (non-hydrogen) atoms. The second-order valence-electron chi connectivity index (χ2n) is 6.67. The topological polar surface area (TPSA) is 70.3 Å². The molecule has 1 N–H and O–H groups in total. The van der Waals surface area contributed by atoms with E-state index in [4.69, 9.17) is 21.6 Å². The van der Waals surface area contributed by atoms with Crippen molar-refractivity contribution >= 4 is 17.6 Å². The molecule has 1 aromatic rings. The van der Waals surface area contributed by atoms with Crippen molar-refractivity contribution in [1.29, 1.82) is 5.26 Å². The molecule has 0 bridgehead atoms. The highest BCUT2D eigenvalue weighted by Gasteiger charge is 2.66. The Labute approximate surface area is 129 Å². The third kappa shape index (κ3) is 2.36. The number of nitriles is 1. The van der Waals surface area contributed by atoms with Gasteiger partial charge in [-0.15, -0.1) is 0 Å². The summed E-state index contributed by atoms with van der Waals surface area (Å²) in [6, 6.07) is 6.88. The number of carbonyl (C=O) groups is 1. The molecule has 0 heterocycles. The molecule has 0 atom stereocenters. The maximum absolute atomic E-state index is 11.4. The molecule has 1 aliphatic rings. The van der Waals surface area contributed by atoms with Gasteiger partial charge >= 0.3 is 5.97 Å². The van der Waals surface area contributed by atoms with E-state index in [-0.39, 0.29) is 6.10 Å². The van der Waals surface area contributed by atoms with Gasteiger partial charge < -0.3 is 9.84 Å². The maximum Gasteiger partial charge on any atom is 0.307 e. The minimum atomic E-state index is -0.803. The number of nitrogens with zero attached hydrogens (tertiary/aromatic N) is 1. The van der Waals surface area contributed by atoms with Gasteiger partial charge in [-0.2, -0.15) is 5.26 Å². The summed E-state index contributed by atoms with van der Waals surface area (Å²) < 4.78 is 5.98. The van der Waals surface area contributed by atoms with E-state index in [9.17, 15) is 9.90 Å². The van der Waals surface area contributed by atoms with Crippen LogP contribution < -0.4 is 4.74 Å². The van der Waals surface area contributed by atoms with Crippen molar-refractivity contribution in [3.8, 4) is 11.8 Å². The van der Waals surface area contributed by atoms with Gasteiger partial charge in [0, 0.05) is 16.9 Å². The average molecular weight is 308 g/mol. The summed E-state index contributed by atoms with van der Waals surface area (Å²) in [4.78, 5) is 11.4. The van der Waals surface area contributed by atoms with E-state index in [1.807, 2.05) is 33.8 Å². The highest BCUT2D eigenvalue weighted by atomic mass is 35.5. The summed E-state index contributed by atoms with van der Waals surface area (Å²) in [6.45, 7) is 7.58. The minimum absolute atomic E-state index is 0.241. The Morgan fingerprint density at radius 3 is 2.33 bits per heavy atom. The number of aliphatic carboxylic acids is 1. The van der Waals surface area contributed by atoms with Gasteiger partial charge in [-0.3, -0.25) is 4.79 Å². The van der Waals surface area contributed by atoms with Crippen LogP contribution in [0.4, 0.5) is 0 Å². The minimum Gasteiger partial charge on any atom is -0.489 e. The fraction of sp³-hybridized carbons (Fsp3) is 0.500. The van der Waals surface area contributed by atoms with Crippen molar-refractivity contribution in [3.05, 3.63) is 28.8 Å². The number of carboxylic acids is 1. The van der Waals surface area contributed by atoms with Crippen molar-refractivity contribution in [2.24, 2.45) is 16.7 Å². The Hall–Kier alpha value is -1.73. The Kier molecular flexibility index (Phi) is 3.67. The molecule has 0 saturated heterocycles. The number of hydrogen-bond donors (Lipinski definition) is 1. The molecule has 5 heteroatoms. The van der Waals surface area contributed by atoms with Crippen molar-refractivity contribution in [1.82, 2.24) is 0 Å². The standard InChI is InChI=1S/C16H18ClNO3/c1-15(2)12(13(19)20)16(3,4)14(15)21-10-6-5-9(8-18)11(17)7-10/h5-7,12,14H,1-4H3,(H,19,20). The molecule has 0 amide bonds. The SMILES string of the molecule is CC1(C)C(Oc2ccc(C#N)c(Cl)c2)C(C)(C)C1C(=O)O. The van der Waals surface area contributed by atoms with Crippen LogP contribution in [0.15, 0.2) is 18.2 Å². The van der Waals surface area contributed by atoms with Gasteiger partial charge in [0.1, 0.15) is 17.9 Å². The van der Waals surface area contributed by atoms with Gasteiger partial charge in [0.05, 0.1) is 16.5 Å². The Balaban J connectivity index is 2.26. The van der Waals surface area contributed by atoms with E-state index >= 15 is 0 Å².